The van der Waals surface area contributed by atoms with E-state index in [1.165, 1.54) is 0 Å². The zero-order chi connectivity index (χ0) is 21.8. The van der Waals surface area contributed by atoms with Gasteiger partial charge in [-0.3, -0.25) is 14.5 Å². The number of imide groups is 1. The monoisotopic (exact) mass is 422 g/mol. The van der Waals surface area contributed by atoms with Crippen LogP contribution < -0.4 is 15.2 Å². The molecule has 0 spiro atoms. The Kier molecular flexibility index (Phi) is 5.88. The molecular formula is C23H28N5O3+. The Labute approximate surface area is 181 Å². The third-order valence-corrected chi connectivity index (χ3v) is 6.09. The number of carbonyl (C=O) groups excluding carboxylic acids is 3. The number of carbonyl (C=O) groups is 3. The predicted octanol–water partition coefficient (Wildman–Crippen LogP) is 1.09. The Bertz CT molecular complexity index is 944. The van der Waals surface area contributed by atoms with E-state index in [1.54, 1.807) is 11.8 Å². The molecule has 8 heteroatoms. The largest absolute Gasteiger partial charge is 0.368 e. The molecule has 0 radical (unpaired) electrons. The molecule has 2 aliphatic rings. The summed E-state index contributed by atoms with van der Waals surface area (Å²) in [4.78, 5) is 46.3. The molecule has 4 rings (SSSR count). The molecule has 0 unspecified atom stereocenters. The van der Waals surface area contributed by atoms with E-state index in [2.05, 4.69) is 15.2 Å². The van der Waals surface area contributed by atoms with Crippen molar-refractivity contribution in [2.45, 2.75) is 25.3 Å². The second-order valence-corrected chi connectivity index (χ2v) is 8.27. The van der Waals surface area contributed by atoms with Crippen molar-refractivity contribution < 1.29 is 19.4 Å². The molecule has 0 saturated carbocycles. The minimum Gasteiger partial charge on any atom is -0.368 e. The third kappa shape index (κ3) is 4.52. The van der Waals surface area contributed by atoms with Gasteiger partial charge in [-0.15, -0.1) is 0 Å². The van der Waals surface area contributed by atoms with E-state index in [0.717, 1.165) is 16.2 Å². The molecule has 1 atom stereocenters. The number of aromatic nitrogens is 1. The van der Waals surface area contributed by atoms with Gasteiger partial charge in [-0.2, -0.15) is 0 Å². The normalized spacial score (nSPS) is 21.4. The first-order chi connectivity index (χ1) is 15.0. The van der Waals surface area contributed by atoms with Crippen LogP contribution >= 0.6 is 0 Å². The fraction of sp³-hybridized carbons (Fsp3) is 0.391. The molecule has 0 bridgehead atoms. The van der Waals surface area contributed by atoms with Gasteiger partial charge in [0.1, 0.15) is 12.1 Å². The van der Waals surface area contributed by atoms with E-state index < -0.39 is 11.6 Å². The first kappa shape index (κ1) is 20.8. The number of benzene rings is 1. The summed E-state index contributed by atoms with van der Waals surface area (Å²) in [6, 6.07) is 13.4. The minimum absolute atomic E-state index is 0.197. The van der Waals surface area contributed by atoms with Gasteiger partial charge in [0.25, 0.3) is 5.91 Å². The van der Waals surface area contributed by atoms with Gasteiger partial charge in [-0.05, 0) is 25.3 Å². The number of aromatic amines is 1. The number of urea groups is 1. The maximum Gasteiger partial charge on any atom is 0.325 e. The zero-order valence-corrected chi connectivity index (χ0v) is 17.7. The molecule has 3 heterocycles. The Balaban J connectivity index is 1.32. The van der Waals surface area contributed by atoms with Crippen molar-refractivity contribution >= 4 is 23.5 Å². The van der Waals surface area contributed by atoms with Crippen LogP contribution in [0.5, 0.6) is 0 Å². The van der Waals surface area contributed by atoms with Gasteiger partial charge < -0.3 is 15.1 Å². The van der Waals surface area contributed by atoms with Gasteiger partial charge in [-0.1, -0.05) is 30.3 Å². The van der Waals surface area contributed by atoms with Gasteiger partial charge in [0.05, 0.1) is 0 Å². The van der Waals surface area contributed by atoms with E-state index in [0.29, 0.717) is 39.0 Å². The molecular weight excluding hydrogens is 394 g/mol. The number of piperazine rings is 1. The number of pyridine rings is 1. The highest BCUT2D eigenvalue weighted by Gasteiger charge is 2.48. The molecule has 2 aliphatic heterocycles. The summed E-state index contributed by atoms with van der Waals surface area (Å²) in [5.41, 5.74) is 1.22. The van der Waals surface area contributed by atoms with Crippen molar-refractivity contribution in [2.24, 2.45) is 0 Å². The molecule has 2 aromatic rings. The highest BCUT2D eigenvalue weighted by molar-refractivity contribution is 6.08. The summed E-state index contributed by atoms with van der Waals surface area (Å²) in [7, 11) is 0. The standard InChI is InChI=1S/C23H27N5O3/c1-23(10-7-18-5-3-2-4-6-18)21(30)28(22(31)25-23)17-20(29)27-15-13-26(14-16-27)19-8-11-24-12-9-19/h2-6,8-9,11-12H,7,10,13-17H2,1H3,(H,25,31)/p+1/t23-/m1/s1. The number of anilines is 1. The highest BCUT2D eigenvalue weighted by atomic mass is 16.2. The maximum atomic E-state index is 13.0. The van der Waals surface area contributed by atoms with Gasteiger partial charge in [0, 0.05) is 44.0 Å². The van der Waals surface area contributed by atoms with E-state index in [-0.39, 0.29) is 18.4 Å². The van der Waals surface area contributed by atoms with Crippen molar-refractivity contribution in [3.63, 3.8) is 0 Å². The average Bonchev–Trinajstić information content (AvgIpc) is 3.02. The molecule has 1 aromatic carbocycles. The van der Waals surface area contributed by atoms with Crippen LogP contribution in [0.25, 0.3) is 0 Å². The summed E-state index contributed by atoms with van der Waals surface area (Å²) in [5, 5.41) is 2.79. The van der Waals surface area contributed by atoms with Crippen LogP contribution in [0.2, 0.25) is 0 Å². The van der Waals surface area contributed by atoms with Crippen molar-refractivity contribution in [2.75, 3.05) is 37.6 Å². The number of nitrogens with zero attached hydrogens (tertiary/aromatic N) is 3. The lowest BCUT2D eigenvalue weighted by Crippen LogP contribution is -2.52. The second kappa shape index (κ2) is 8.75. The second-order valence-electron chi connectivity index (χ2n) is 8.27. The molecule has 2 fully saturated rings. The van der Waals surface area contributed by atoms with Crippen LogP contribution in [0, 0.1) is 0 Å². The van der Waals surface area contributed by atoms with Gasteiger partial charge in [0.15, 0.2) is 12.4 Å². The van der Waals surface area contributed by atoms with Crippen molar-refractivity contribution in [3.8, 4) is 0 Å². The van der Waals surface area contributed by atoms with Gasteiger partial charge >= 0.3 is 6.03 Å². The van der Waals surface area contributed by atoms with E-state index in [4.69, 9.17) is 0 Å². The number of hydrogen-bond donors (Lipinski definition) is 1. The Morgan fingerprint density at radius 1 is 1.03 bits per heavy atom. The molecule has 0 aliphatic carbocycles. The van der Waals surface area contributed by atoms with Gasteiger partial charge in [0.2, 0.25) is 5.91 Å². The summed E-state index contributed by atoms with van der Waals surface area (Å²) in [6.07, 6.45) is 4.91. The van der Waals surface area contributed by atoms with Crippen LogP contribution in [0.3, 0.4) is 0 Å². The van der Waals surface area contributed by atoms with Crippen molar-refractivity contribution in [3.05, 3.63) is 60.4 Å². The molecule has 31 heavy (non-hydrogen) atoms. The average molecular weight is 423 g/mol. The predicted molar refractivity (Wildman–Crippen MR) is 115 cm³/mol. The maximum absolute atomic E-state index is 13.0. The molecule has 1 aromatic heterocycles. The lowest BCUT2D eigenvalue weighted by atomic mass is 9.93. The van der Waals surface area contributed by atoms with Crippen LogP contribution in [0.1, 0.15) is 18.9 Å². The smallest absolute Gasteiger partial charge is 0.325 e. The van der Waals surface area contributed by atoms with Crippen LogP contribution in [-0.4, -0.2) is 65.9 Å². The Morgan fingerprint density at radius 2 is 1.71 bits per heavy atom. The highest BCUT2D eigenvalue weighted by Crippen LogP contribution is 2.23. The minimum atomic E-state index is -0.990. The Morgan fingerprint density at radius 3 is 2.39 bits per heavy atom. The van der Waals surface area contributed by atoms with Crippen molar-refractivity contribution in [1.82, 2.24) is 15.1 Å². The molecule has 8 nitrogen and oxygen atoms in total. The quantitative estimate of drug-likeness (QED) is 0.706. The number of hydrogen-bond acceptors (Lipinski definition) is 4. The number of H-pyrrole nitrogens is 1. The third-order valence-electron chi connectivity index (χ3n) is 6.09. The SMILES string of the molecule is C[C@]1(CCc2ccccc2)NC(=O)N(CC(=O)N2CCN(c3cc[nH+]cc3)CC2)C1=O. The Hall–Kier alpha value is -3.42. The topological polar surface area (TPSA) is 87.1 Å². The van der Waals surface area contributed by atoms with Gasteiger partial charge in [-0.25, -0.2) is 9.78 Å². The summed E-state index contributed by atoms with van der Waals surface area (Å²) >= 11 is 0. The lowest BCUT2D eigenvalue weighted by Gasteiger charge is -2.36. The summed E-state index contributed by atoms with van der Waals surface area (Å²) < 4.78 is 0. The molecule has 162 valence electrons. The fourth-order valence-electron chi connectivity index (χ4n) is 4.14. The van der Waals surface area contributed by atoms with E-state index >= 15 is 0 Å². The number of nitrogens with one attached hydrogen (secondary N) is 2. The van der Waals surface area contributed by atoms with Crippen molar-refractivity contribution in [1.29, 1.82) is 0 Å². The number of rotatable bonds is 6. The summed E-state index contributed by atoms with van der Waals surface area (Å²) in [6.45, 7) is 4.07. The molecule has 2 saturated heterocycles. The first-order valence-corrected chi connectivity index (χ1v) is 10.6. The van der Waals surface area contributed by atoms with Crippen LogP contribution in [0.15, 0.2) is 54.9 Å². The summed E-state index contributed by atoms with van der Waals surface area (Å²) in [5.74, 6) is -0.530. The zero-order valence-electron chi connectivity index (χ0n) is 17.7. The first-order valence-electron chi connectivity index (χ1n) is 10.6. The van der Waals surface area contributed by atoms with E-state index in [1.807, 2.05) is 54.9 Å². The van der Waals surface area contributed by atoms with Crippen LogP contribution in [0.4, 0.5) is 10.5 Å². The van der Waals surface area contributed by atoms with E-state index in [9.17, 15) is 14.4 Å². The molecule has 4 amide bonds. The number of aryl methyl sites for hydroxylation is 1. The van der Waals surface area contributed by atoms with Crippen LogP contribution in [-0.2, 0) is 16.0 Å². The lowest BCUT2D eigenvalue weighted by molar-refractivity contribution is -0.377. The number of amides is 4. The fourth-order valence-corrected chi connectivity index (χ4v) is 4.14. The molecule has 2 N–H and O–H groups in total.